The molecule has 1 fully saturated rings. The minimum Gasteiger partial charge on any atom is -0.318 e. The zero-order valence-electron chi connectivity index (χ0n) is 6.98. The number of hydrogen-bond donors (Lipinski definition) is 2. The molecule has 0 amide bonds. The summed E-state index contributed by atoms with van der Waals surface area (Å²) in [6.45, 7) is 3.31. The van der Waals surface area contributed by atoms with Gasteiger partial charge in [0.25, 0.3) is 0 Å². The second kappa shape index (κ2) is 3.94. The van der Waals surface area contributed by atoms with Crippen LogP contribution in [0.5, 0.6) is 0 Å². The molecule has 2 heteroatoms. The van der Waals surface area contributed by atoms with Crippen LogP contribution in [-0.2, 0) is 0 Å². The van der Waals surface area contributed by atoms with E-state index in [4.69, 9.17) is 0 Å². The van der Waals surface area contributed by atoms with E-state index in [1.807, 2.05) is 7.05 Å². The summed E-state index contributed by atoms with van der Waals surface area (Å²) < 4.78 is 0. The van der Waals surface area contributed by atoms with E-state index in [0.29, 0.717) is 6.04 Å². The van der Waals surface area contributed by atoms with E-state index in [-0.39, 0.29) is 0 Å². The van der Waals surface area contributed by atoms with Crippen molar-refractivity contribution in [2.24, 2.45) is 0 Å². The monoisotopic (exact) mass is 142 g/mol. The topological polar surface area (TPSA) is 24.1 Å². The summed E-state index contributed by atoms with van der Waals surface area (Å²) in [6, 6.07) is 1.46. The van der Waals surface area contributed by atoms with Crippen molar-refractivity contribution < 1.29 is 0 Å². The van der Waals surface area contributed by atoms with E-state index in [2.05, 4.69) is 17.6 Å². The molecule has 1 unspecified atom stereocenters. The fraction of sp³-hybridized carbons (Fsp3) is 1.00. The maximum Gasteiger partial charge on any atom is 0.0166 e. The molecule has 1 rings (SSSR count). The van der Waals surface area contributed by atoms with Gasteiger partial charge in [-0.3, -0.25) is 0 Å². The fourth-order valence-corrected chi connectivity index (χ4v) is 1.34. The van der Waals surface area contributed by atoms with E-state index in [1.165, 1.54) is 19.3 Å². The highest BCUT2D eigenvalue weighted by Crippen LogP contribution is 2.18. The Balaban J connectivity index is 1.99. The molecule has 60 valence electrons. The molecule has 0 aromatic rings. The first-order valence-electron chi connectivity index (χ1n) is 4.23. The molecule has 1 atom stereocenters. The van der Waals surface area contributed by atoms with Gasteiger partial charge in [-0.25, -0.2) is 0 Å². The van der Waals surface area contributed by atoms with Crippen molar-refractivity contribution in [1.29, 1.82) is 0 Å². The van der Waals surface area contributed by atoms with Gasteiger partial charge in [-0.1, -0.05) is 6.42 Å². The highest BCUT2D eigenvalue weighted by molar-refractivity contribution is 4.79. The zero-order chi connectivity index (χ0) is 7.40. The molecule has 1 aliphatic rings. The van der Waals surface area contributed by atoms with Crippen LogP contribution in [0.2, 0.25) is 0 Å². The standard InChI is InChI=1S/C8H18N2/c1-7(6-9-2)10-8-4-3-5-8/h7-10H,3-6H2,1-2H3. The normalized spacial score (nSPS) is 22.2. The van der Waals surface area contributed by atoms with Crippen molar-refractivity contribution in [2.75, 3.05) is 13.6 Å². The third-order valence-corrected chi connectivity index (χ3v) is 2.14. The van der Waals surface area contributed by atoms with Crippen molar-refractivity contribution in [2.45, 2.75) is 38.3 Å². The van der Waals surface area contributed by atoms with Crippen molar-refractivity contribution in [3.05, 3.63) is 0 Å². The van der Waals surface area contributed by atoms with Crippen LogP contribution in [0.4, 0.5) is 0 Å². The molecule has 2 N–H and O–H groups in total. The molecule has 2 nitrogen and oxygen atoms in total. The lowest BCUT2D eigenvalue weighted by molar-refractivity contribution is 0.308. The van der Waals surface area contributed by atoms with Crippen molar-refractivity contribution in [1.82, 2.24) is 10.6 Å². The fourth-order valence-electron chi connectivity index (χ4n) is 1.34. The highest BCUT2D eigenvalue weighted by Gasteiger charge is 2.18. The largest absolute Gasteiger partial charge is 0.318 e. The first kappa shape index (κ1) is 8.02. The van der Waals surface area contributed by atoms with Gasteiger partial charge in [0.05, 0.1) is 0 Å². The lowest BCUT2D eigenvalue weighted by atomic mass is 9.92. The number of nitrogens with one attached hydrogen (secondary N) is 2. The molecule has 0 aromatic heterocycles. The average Bonchev–Trinajstić information content (AvgIpc) is 1.80. The van der Waals surface area contributed by atoms with Crippen LogP contribution >= 0.6 is 0 Å². The van der Waals surface area contributed by atoms with Crippen LogP contribution in [-0.4, -0.2) is 25.7 Å². The maximum absolute atomic E-state index is 3.55. The Morgan fingerprint density at radius 1 is 1.50 bits per heavy atom. The quantitative estimate of drug-likeness (QED) is 0.605. The Hall–Kier alpha value is -0.0800. The molecular formula is C8H18N2. The molecule has 0 aliphatic heterocycles. The van der Waals surface area contributed by atoms with Crippen LogP contribution in [0, 0.1) is 0 Å². The molecule has 0 radical (unpaired) electrons. The van der Waals surface area contributed by atoms with Crippen molar-refractivity contribution >= 4 is 0 Å². The Morgan fingerprint density at radius 2 is 2.20 bits per heavy atom. The lowest BCUT2D eigenvalue weighted by Gasteiger charge is -2.29. The third-order valence-electron chi connectivity index (χ3n) is 2.14. The smallest absolute Gasteiger partial charge is 0.0166 e. The molecule has 1 saturated carbocycles. The maximum atomic E-state index is 3.55. The van der Waals surface area contributed by atoms with Crippen LogP contribution in [0.15, 0.2) is 0 Å². The summed E-state index contributed by atoms with van der Waals surface area (Å²) >= 11 is 0. The number of rotatable bonds is 4. The lowest BCUT2D eigenvalue weighted by Crippen LogP contribution is -2.44. The molecule has 0 saturated heterocycles. The minimum absolute atomic E-state index is 0.635. The third kappa shape index (κ3) is 2.27. The Kier molecular flexibility index (Phi) is 3.16. The minimum atomic E-state index is 0.635. The summed E-state index contributed by atoms with van der Waals surface area (Å²) in [5.74, 6) is 0. The van der Waals surface area contributed by atoms with Gasteiger partial charge in [0, 0.05) is 18.6 Å². The zero-order valence-corrected chi connectivity index (χ0v) is 6.98. The van der Waals surface area contributed by atoms with E-state index < -0.39 is 0 Å². The summed E-state index contributed by atoms with van der Waals surface area (Å²) in [5, 5.41) is 6.71. The molecule has 0 aromatic carbocycles. The first-order chi connectivity index (χ1) is 4.83. The van der Waals surface area contributed by atoms with Gasteiger partial charge in [0.1, 0.15) is 0 Å². The van der Waals surface area contributed by atoms with Crippen LogP contribution in [0.1, 0.15) is 26.2 Å². The number of hydrogen-bond acceptors (Lipinski definition) is 2. The van der Waals surface area contributed by atoms with E-state index in [1.54, 1.807) is 0 Å². The van der Waals surface area contributed by atoms with Crippen molar-refractivity contribution in [3.8, 4) is 0 Å². The molecule has 10 heavy (non-hydrogen) atoms. The van der Waals surface area contributed by atoms with Crippen LogP contribution < -0.4 is 10.6 Å². The van der Waals surface area contributed by atoms with Gasteiger partial charge >= 0.3 is 0 Å². The number of likely N-dealkylation sites (N-methyl/N-ethyl adjacent to an activating group) is 1. The Morgan fingerprint density at radius 3 is 2.60 bits per heavy atom. The van der Waals surface area contributed by atoms with E-state index >= 15 is 0 Å². The molecule has 0 heterocycles. The van der Waals surface area contributed by atoms with Crippen molar-refractivity contribution in [3.63, 3.8) is 0 Å². The van der Waals surface area contributed by atoms with Gasteiger partial charge in [0.15, 0.2) is 0 Å². The molecule has 1 aliphatic carbocycles. The van der Waals surface area contributed by atoms with Gasteiger partial charge in [-0.05, 0) is 26.8 Å². The van der Waals surface area contributed by atoms with Gasteiger partial charge in [-0.15, -0.1) is 0 Å². The van der Waals surface area contributed by atoms with Gasteiger partial charge in [-0.2, -0.15) is 0 Å². The first-order valence-corrected chi connectivity index (χ1v) is 4.23. The highest BCUT2D eigenvalue weighted by atomic mass is 15.0. The van der Waals surface area contributed by atoms with Crippen LogP contribution in [0.25, 0.3) is 0 Å². The van der Waals surface area contributed by atoms with Gasteiger partial charge in [0.2, 0.25) is 0 Å². The summed E-state index contributed by atoms with van der Waals surface area (Å²) in [4.78, 5) is 0. The summed E-state index contributed by atoms with van der Waals surface area (Å²) in [7, 11) is 2.00. The molecule has 0 bridgehead atoms. The Labute approximate surface area is 63.4 Å². The molecular weight excluding hydrogens is 124 g/mol. The Bertz CT molecular complexity index is 89.3. The van der Waals surface area contributed by atoms with Crippen LogP contribution in [0.3, 0.4) is 0 Å². The van der Waals surface area contributed by atoms with E-state index in [9.17, 15) is 0 Å². The average molecular weight is 142 g/mol. The predicted octanol–water partition coefficient (Wildman–Crippen LogP) is 0.736. The predicted molar refractivity (Wildman–Crippen MR) is 44.2 cm³/mol. The SMILES string of the molecule is CNCC(C)NC1CCC1. The summed E-state index contributed by atoms with van der Waals surface area (Å²) in [6.07, 6.45) is 4.19. The van der Waals surface area contributed by atoms with E-state index in [0.717, 1.165) is 12.6 Å². The second-order valence-corrected chi connectivity index (χ2v) is 3.25. The van der Waals surface area contributed by atoms with Gasteiger partial charge < -0.3 is 10.6 Å². The summed E-state index contributed by atoms with van der Waals surface area (Å²) in [5.41, 5.74) is 0. The second-order valence-electron chi connectivity index (χ2n) is 3.25. The molecule has 0 spiro atoms.